The van der Waals surface area contributed by atoms with Gasteiger partial charge >= 0.3 is 0 Å². The van der Waals surface area contributed by atoms with E-state index in [-0.39, 0.29) is 30.2 Å². The lowest BCUT2D eigenvalue weighted by molar-refractivity contribution is 0.0934. The molecule has 21 heavy (non-hydrogen) atoms. The minimum Gasteiger partial charge on any atom is -0.347 e. The van der Waals surface area contributed by atoms with Crippen molar-refractivity contribution < 1.29 is 9.18 Å². The van der Waals surface area contributed by atoms with Crippen LogP contribution in [-0.2, 0) is 0 Å². The molecule has 1 amide bonds. The average molecular weight is 329 g/mol. The van der Waals surface area contributed by atoms with Crippen molar-refractivity contribution in [1.82, 2.24) is 10.6 Å². The van der Waals surface area contributed by atoms with Gasteiger partial charge in [-0.15, -0.1) is 23.7 Å². The van der Waals surface area contributed by atoms with Crippen LogP contribution in [0.25, 0.3) is 10.1 Å². The van der Waals surface area contributed by atoms with E-state index in [4.69, 9.17) is 0 Å². The van der Waals surface area contributed by atoms with Crippen LogP contribution in [0.15, 0.2) is 18.2 Å². The van der Waals surface area contributed by atoms with Gasteiger partial charge in [-0.05, 0) is 55.5 Å². The zero-order valence-corrected chi connectivity index (χ0v) is 13.4. The summed E-state index contributed by atoms with van der Waals surface area (Å²) < 4.78 is 14.2. The van der Waals surface area contributed by atoms with E-state index in [1.165, 1.54) is 23.5 Å². The molecule has 1 aromatic heterocycles. The van der Waals surface area contributed by atoms with Gasteiger partial charge < -0.3 is 10.6 Å². The number of fused-ring (bicyclic) bond motifs is 1. The van der Waals surface area contributed by atoms with E-state index in [1.54, 1.807) is 6.07 Å². The summed E-state index contributed by atoms with van der Waals surface area (Å²) in [6.45, 7) is 3.73. The van der Waals surface area contributed by atoms with Crippen molar-refractivity contribution in [3.63, 3.8) is 0 Å². The van der Waals surface area contributed by atoms with E-state index in [1.807, 2.05) is 6.92 Å². The topological polar surface area (TPSA) is 41.1 Å². The molecule has 0 saturated carbocycles. The largest absolute Gasteiger partial charge is 0.347 e. The fourth-order valence-corrected chi connectivity index (χ4v) is 3.73. The summed E-state index contributed by atoms with van der Waals surface area (Å²) in [7, 11) is 0. The predicted molar refractivity (Wildman–Crippen MR) is 87.1 cm³/mol. The second kappa shape index (κ2) is 6.73. The minimum atomic E-state index is -0.262. The highest BCUT2D eigenvalue weighted by atomic mass is 35.5. The first-order valence-electron chi connectivity index (χ1n) is 6.85. The second-order valence-corrected chi connectivity index (χ2v) is 6.27. The SMILES string of the molecule is Cc1c(C(=O)N[C@H]2CCCNC2)sc2ccc(F)cc12.Cl. The molecule has 2 N–H and O–H groups in total. The molecule has 1 atom stereocenters. The standard InChI is InChI=1S/C15H17FN2OS.ClH/c1-9-12-7-10(16)4-5-13(12)20-14(9)15(19)18-11-3-2-6-17-8-11;/h4-5,7,11,17H,2-3,6,8H2,1H3,(H,18,19);1H/t11-;/m0./s1. The lowest BCUT2D eigenvalue weighted by Gasteiger charge is -2.23. The van der Waals surface area contributed by atoms with E-state index < -0.39 is 0 Å². The number of carbonyl (C=O) groups excluding carboxylic acids is 1. The number of piperidine rings is 1. The van der Waals surface area contributed by atoms with E-state index in [9.17, 15) is 9.18 Å². The van der Waals surface area contributed by atoms with Crippen molar-refractivity contribution in [2.75, 3.05) is 13.1 Å². The van der Waals surface area contributed by atoms with Crippen molar-refractivity contribution in [3.8, 4) is 0 Å². The monoisotopic (exact) mass is 328 g/mol. The van der Waals surface area contributed by atoms with Crippen LogP contribution in [0.1, 0.15) is 28.1 Å². The molecule has 114 valence electrons. The quantitative estimate of drug-likeness (QED) is 0.888. The number of hydrogen-bond acceptors (Lipinski definition) is 3. The Morgan fingerprint density at radius 1 is 1.48 bits per heavy atom. The second-order valence-electron chi connectivity index (χ2n) is 5.21. The van der Waals surface area contributed by atoms with Crippen LogP contribution >= 0.6 is 23.7 Å². The van der Waals surface area contributed by atoms with Gasteiger partial charge in [0.1, 0.15) is 5.82 Å². The van der Waals surface area contributed by atoms with Crippen molar-refractivity contribution in [2.45, 2.75) is 25.8 Å². The Bertz CT molecular complexity index is 652. The van der Waals surface area contributed by atoms with Crippen LogP contribution in [-0.4, -0.2) is 25.0 Å². The molecule has 1 aromatic carbocycles. The first-order chi connectivity index (χ1) is 9.65. The molecule has 0 aliphatic carbocycles. The summed E-state index contributed by atoms with van der Waals surface area (Å²) in [4.78, 5) is 13.1. The van der Waals surface area contributed by atoms with Gasteiger partial charge in [0.25, 0.3) is 5.91 Å². The Hall–Kier alpha value is -1.17. The predicted octanol–water partition coefficient (Wildman–Crippen LogP) is 3.25. The lowest BCUT2D eigenvalue weighted by Crippen LogP contribution is -2.45. The number of benzene rings is 1. The smallest absolute Gasteiger partial charge is 0.261 e. The fraction of sp³-hybridized carbons (Fsp3) is 0.400. The number of hydrogen-bond donors (Lipinski definition) is 2. The number of nitrogens with one attached hydrogen (secondary N) is 2. The Morgan fingerprint density at radius 3 is 3.00 bits per heavy atom. The summed E-state index contributed by atoms with van der Waals surface area (Å²) in [6.07, 6.45) is 2.10. The van der Waals surface area contributed by atoms with Crippen LogP contribution in [0.3, 0.4) is 0 Å². The number of amides is 1. The third-order valence-electron chi connectivity index (χ3n) is 3.74. The number of aryl methyl sites for hydroxylation is 1. The Labute approximate surface area is 133 Å². The third-order valence-corrected chi connectivity index (χ3v) is 5.01. The summed E-state index contributed by atoms with van der Waals surface area (Å²) in [5.41, 5.74) is 0.866. The Balaban J connectivity index is 0.00000161. The molecule has 1 aliphatic rings. The molecule has 0 unspecified atom stereocenters. The van der Waals surface area contributed by atoms with Gasteiger partial charge in [0.05, 0.1) is 4.88 Å². The Kier molecular flexibility index (Phi) is 5.19. The maximum Gasteiger partial charge on any atom is 0.261 e. The molecule has 0 spiro atoms. The molecule has 6 heteroatoms. The fourth-order valence-electron chi connectivity index (χ4n) is 2.64. The zero-order chi connectivity index (χ0) is 14.1. The van der Waals surface area contributed by atoms with Gasteiger partial charge in [0.2, 0.25) is 0 Å². The number of halogens is 2. The molecular formula is C15H18ClFN2OS. The molecule has 0 bridgehead atoms. The van der Waals surface area contributed by atoms with Gasteiger partial charge in [-0.2, -0.15) is 0 Å². The molecule has 1 aliphatic heterocycles. The van der Waals surface area contributed by atoms with Gasteiger partial charge in [-0.25, -0.2) is 4.39 Å². The van der Waals surface area contributed by atoms with Crippen molar-refractivity contribution in [2.24, 2.45) is 0 Å². The van der Waals surface area contributed by atoms with Crippen LogP contribution in [0.5, 0.6) is 0 Å². The number of thiophene rings is 1. The number of rotatable bonds is 2. The third kappa shape index (κ3) is 3.36. The molecule has 3 nitrogen and oxygen atoms in total. The first-order valence-corrected chi connectivity index (χ1v) is 7.67. The van der Waals surface area contributed by atoms with Crippen molar-refractivity contribution in [1.29, 1.82) is 0 Å². The van der Waals surface area contributed by atoms with E-state index in [0.717, 1.165) is 41.6 Å². The highest BCUT2D eigenvalue weighted by Gasteiger charge is 2.20. The zero-order valence-electron chi connectivity index (χ0n) is 11.7. The maximum atomic E-state index is 13.3. The summed E-state index contributed by atoms with van der Waals surface area (Å²) in [5.74, 6) is -0.306. The highest BCUT2D eigenvalue weighted by molar-refractivity contribution is 7.21. The van der Waals surface area contributed by atoms with Gasteiger partial charge in [0.15, 0.2) is 0 Å². The summed E-state index contributed by atoms with van der Waals surface area (Å²) in [5, 5.41) is 7.18. The number of carbonyl (C=O) groups is 1. The van der Waals surface area contributed by atoms with Crippen LogP contribution in [0.4, 0.5) is 4.39 Å². The molecule has 1 saturated heterocycles. The van der Waals surface area contributed by atoms with Crippen molar-refractivity contribution >= 4 is 39.7 Å². The molecule has 2 aromatic rings. The minimum absolute atomic E-state index is 0. The molecule has 3 rings (SSSR count). The molecule has 2 heterocycles. The highest BCUT2D eigenvalue weighted by Crippen LogP contribution is 2.31. The summed E-state index contributed by atoms with van der Waals surface area (Å²) >= 11 is 1.43. The van der Waals surface area contributed by atoms with Crippen LogP contribution in [0.2, 0.25) is 0 Å². The van der Waals surface area contributed by atoms with Gasteiger partial charge in [0, 0.05) is 17.3 Å². The van der Waals surface area contributed by atoms with Crippen molar-refractivity contribution in [3.05, 3.63) is 34.5 Å². The van der Waals surface area contributed by atoms with Gasteiger partial charge in [-0.3, -0.25) is 4.79 Å². The molecule has 1 fully saturated rings. The van der Waals surface area contributed by atoms with E-state index >= 15 is 0 Å². The van der Waals surface area contributed by atoms with Gasteiger partial charge in [-0.1, -0.05) is 0 Å². The lowest BCUT2D eigenvalue weighted by atomic mass is 10.1. The Morgan fingerprint density at radius 2 is 2.29 bits per heavy atom. The summed E-state index contributed by atoms with van der Waals surface area (Å²) in [6, 6.07) is 4.87. The normalized spacial score (nSPS) is 18.3. The molecule has 0 radical (unpaired) electrons. The first kappa shape index (κ1) is 16.2. The molecular weight excluding hydrogens is 311 g/mol. The van der Waals surface area contributed by atoms with Crippen LogP contribution in [0, 0.1) is 12.7 Å². The van der Waals surface area contributed by atoms with Crippen LogP contribution < -0.4 is 10.6 Å². The average Bonchev–Trinajstić information content (AvgIpc) is 2.77. The van der Waals surface area contributed by atoms with E-state index in [2.05, 4.69) is 10.6 Å². The maximum absolute atomic E-state index is 13.3. The van der Waals surface area contributed by atoms with E-state index in [0.29, 0.717) is 4.88 Å².